The topological polar surface area (TPSA) is 55.8 Å². The first-order chi connectivity index (χ1) is 5.74. The van der Waals surface area contributed by atoms with Crippen LogP contribution in [0.4, 0.5) is 4.79 Å². The molecule has 1 fully saturated rings. The number of hydrogen-bond acceptors (Lipinski definition) is 4. The molecule has 0 N–H and O–H groups in total. The molecule has 5 heteroatoms. The smallest absolute Gasteiger partial charge is 0.410 e. The predicted octanol–water partition coefficient (Wildman–Crippen LogP) is 0.00170. The van der Waals surface area contributed by atoms with Crippen molar-refractivity contribution in [3.8, 4) is 0 Å². The van der Waals surface area contributed by atoms with Crippen molar-refractivity contribution in [3.05, 3.63) is 0 Å². The van der Waals surface area contributed by atoms with E-state index < -0.39 is 12.1 Å². The second-order valence-electron chi connectivity index (χ2n) is 2.34. The summed E-state index contributed by atoms with van der Waals surface area (Å²) in [6.45, 7) is 2.88. The minimum absolute atomic E-state index is 0.00727. The maximum Gasteiger partial charge on any atom is 0.410 e. The molecule has 1 amide bonds. The Balaban J connectivity index is 2.30. The molecule has 0 aliphatic carbocycles. The van der Waals surface area contributed by atoms with Gasteiger partial charge in [-0.05, 0) is 6.92 Å². The highest BCUT2D eigenvalue weighted by atomic mass is 16.6. The van der Waals surface area contributed by atoms with E-state index in [4.69, 9.17) is 0 Å². The summed E-state index contributed by atoms with van der Waals surface area (Å²) in [4.78, 5) is 23.0. The summed E-state index contributed by atoms with van der Waals surface area (Å²) >= 11 is 0. The second kappa shape index (κ2) is 3.94. The van der Waals surface area contributed by atoms with Crippen LogP contribution >= 0.6 is 0 Å². The van der Waals surface area contributed by atoms with Crippen LogP contribution in [-0.4, -0.2) is 43.3 Å². The fraction of sp³-hybridized carbons (Fsp3) is 0.714. The molecule has 0 aromatic rings. The molecule has 1 rings (SSSR count). The van der Waals surface area contributed by atoms with Gasteiger partial charge in [0, 0.05) is 0 Å². The molecule has 5 nitrogen and oxygen atoms in total. The van der Waals surface area contributed by atoms with Crippen molar-refractivity contribution < 1.29 is 19.1 Å². The standard InChI is InChI=1S/C7H11NO4/c1-2-11-6(9)5-8-3-4-12-7(8)10/h2-5H2,1H3. The Labute approximate surface area is 70.2 Å². The maximum absolute atomic E-state index is 10.9. The first-order valence-corrected chi connectivity index (χ1v) is 3.81. The van der Waals surface area contributed by atoms with E-state index in [1.54, 1.807) is 6.92 Å². The number of esters is 1. The minimum Gasteiger partial charge on any atom is -0.465 e. The van der Waals surface area contributed by atoms with Crippen LogP contribution in [0.25, 0.3) is 0 Å². The molecular formula is C7H11NO4. The Morgan fingerprint density at radius 1 is 1.75 bits per heavy atom. The summed E-state index contributed by atoms with van der Waals surface area (Å²) in [6.07, 6.45) is -0.442. The lowest BCUT2D eigenvalue weighted by Gasteiger charge is -2.10. The summed E-state index contributed by atoms with van der Waals surface area (Å²) in [7, 11) is 0. The van der Waals surface area contributed by atoms with Crippen molar-refractivity contribution in [1.82, 2.24) is 4.90 Å². The van der Waals surface area contributed by atoms with Gasteiger partial charge in [0.2, 0.25) is 0 Å². The van der Waals surface area contributed by atoms with Crippen molar-refractivity contribution in [3.63, 3.8) is 0 Å². The number of amides is 1. The van der Waals surface area contributed by atoms with Gasteiger partial charge >= 0.3 is 12.1 Å². The average Bonchev–Trinajstić information content (AvgIpc) is 2.37. The van der Waals surface area contributed by atoms with E-state index >= 15 is 0 Å². The monoisotopic (exact) mass is 173 g/mol. The van der Waals surface area contributed by atoms with Gasteiger partial charge < -0.3 is 9.47 Å². The number of carbonyl (C=O) groups excluding carboxylic acids is 2. The lowest BCUT2D eigenvalue weighted by atomic mass is 10.5. The molecule has 12 heavy (non-hydrogen) atoms. The molecule has 0 aromatic heterocycles. The van der Waals surface area contributed by atoms with Gasteiger partial charge in [0.05, 0.1) is 13.2 Å². The number of ether oxygens (including phenoxy) is 2. The maximum atomic E-state index is 10.9. The van der Waals surface area contributed by atoms with E-state index in [9.17, 15) is 9.59 Å². The van der Waals surface area contributed by atoms with Crippen LogP contribution in [0, 0.1) is 0 Å². The Morgan fingerprint density at radius 2 is 2.50 bits per heavy atom. The Kier molecular flexibility index (Phi) is 2.90. The average molecular weight is 173 g/mol. The van der Waals surface area contributed by atoms with Crippen LogP contribution in [0.1, 0.15) is 6.92 Å². The summed E-state index contributed by atoms with van der Waals surface area (Å²) in [6, 6.07) is 0. The molecule has 0 radical (unpaired) electrons. The van der Waals surface area contributed by atoms with Crippen molar-refractivity contribution in [2.24, 2.45) is 0 Å². The fourth-order valence-corrected chi connectivity index (χ4v) is 0.932. The van der Waals surface area contributed by atoms with Gasteiger partial charge in [0.1, 0.15) is 13.2 Å². The molecule has 1 heterocycles. The normalized spacial score (nSPS) is 16.1. The van der Waals surface area contributed by atoms with Gasteiger partial charge in [-0.1, -0.05) is 0 Å². The van der Waals surface area contributed by atoms with Gasteiger partial charge in [-0.25, -0.2) is 4.79 Å². The molecule has 68 valence electrons. The predicted molar refractivity (Wildman–Crippen MR) is 39.6 cm³/mol. The summed E-state index contributed by atoms with van der Waals surface area (Å²) in [5, 5.41) is 0. The first kappa shape index (κ1) is 8.83. The minimum atomic E-state index is -0.442. The van der Waals surface area contributed by atoms with E-state index in [0.717, 1.165) is 0 Å². The summed E-state index contributed by atoms with van der Waals surface area (Å²) in [5.74, 6) is -0.392. The van der Waals surface area contributed by atoms with Crippen LogP contribution in [0.2, 0.25) is 0 Å². The summed E-state index contributed by atoms with van der Waals surface area (Å²) in [5.41, 5.74) is 0. The van der Waals surface area contributed by atoms with Crippen molar-refractivity contribution >= 4 is 12.1 Å². The molecule has 1 aliphatic heterocycles. The van der Waals surface area contributed by atoms with Crippen LogP contribution in [0.3, 0.4) is 0 Å². The zero-order valence-electron chi connectivity index (χ0n) is 6.91. The Morgan fingerprint density at radius 3 is 3.00 bits per heavy atom. The van der Waals surface area contributed by atoms with Gasteiger partial charge in [0.25, 0.3) is 0 Å². The summed E-state index contributed by atoms with van der Waals surface area (Å²) < 4.78 is 9.29. The molecule has 0 unspecified atom stereocenters. The van der Waals surface area contributed by atoms with E-state index in [0.29, 0.717) is 19.8 Å². The van der Waals surface area contributed by atoms with E-state index in [1.807, 2.05) is 0 Å². The zero-order chi connectivity index (χ0) is 8.97. The fourth-order valence-electron chi connectivity index (χ4n) is 0.932. The number of nitrogens with zero attached hydrogens (tertiary/aromatic N) is 1. The van der Waals surface area contributed by atoms with Gasteiger partial charge in [-0.2, -0.15) is 0 Å². The number of cyclic esters (lactones) is 1. The molecule has 0 spiro atoms. The van der Waals surface area contributed by atoms with Gasteiger partial charge in [-0.3, -0.25) is 9.69 Å². The second-order valence-corrected chi connectivity index (χ2v) is 2.34. The zero-order valence-corrected chi connectivity index (χ0v) is 6.91. The molecule has 0 atom stereocenters. The number of rotatable bonds is 3. The van der Waals surface area contributed by atoms with Crippen LogP contribution in [-0.2, 0) is 14.3 Å². The van der Waals surface area contributed by atoms with E-state index in [1.165, 1.54) is 4.90 Å². The highest BCUT2D eigenvalue weighted by Gasteiger charge is 2.24. The third-order valence-corrected chi connectivity index (χ3v) is 1.47. The Bertz CT molecular complexity index is 192. The highest BCUT2D eigenvalue weighted by molar-refractivity contribution is 5.78. The highest BCUT2D eigenvalue weighted by Crippen LogP contribution is 2.02. The molecule has 0 saturated carbocycles. The molecule has 0 bridgehead atoms. The third-order valence-electron chi connectivity index (χ3n) is 1.47. The van der Waals surface area contributed by atoms with Gasteiger partial charge in [-0.15, -0.1) is 0 Å². The van der Waals surface area contributed by atoms with Crippen molar-refractivity contribution in [2.75, 3.05) is 26.3 Å². The van der Waals surface area contributed by atoms with Crippen molar-refractivity contribution in [2.45, 2.75) is 6.92 Å². The van der Waals surface area contributed by atoms with E-state index in [2.05, 4.69) is 9.47 Å². The lowest BCUT2D eigenvalue weighted by Crippen LogP contribution is -2.31. The van der Waals surface area contributed by atoms with Gasteiger partial charge in [0.15, 0.2) is 0 Å². The van der Waals surface area contributed by atoms with E-state index in [-0.39, 0.29) is 6.54 Å². The molecular weight excluding hydrogens is 162 g/mol. The first-order valence-electron chi connectivity index (χ1n) is 3.81. The molecule has 1 saturated heterocycles. The Hall–Kier alpha value is -1.26. The van der Waals surface area contributed by atoms with Crippen LogP contribution in [0.5, 0.6) is 0 Å². The molecule has 0 aromatic carbocycles. The lowest BCUT2D eigenvalue weighted by molar-refractivity contribution is -0.143. The van der Waals surface area contributed by atoms with Crippen LogP contribution in [0.15, 0.2) is 0 Å². The largest absolute Gasteiger partial charge is 0.465 e. The molecule has 1 aliphatic rings. The number of carbonyl (C=O) groups is 2. The SMILES string of the molecule is CCOC(=O)CN1CCOC1=O. The third kappa shape index (κ3) is 2.11. The van der Waals surface area contributed by atoms with Crippen LogP contribution < -0.4 is 0 Å². The quantitative estimate of drug-likeness (QED) is 0.564. The van der Waals surface area contributed by atoms with Crippen molar-refractivity contribution in [1.29, 1.82) is 0 Å². The number of hydrogen-bond donors (Lipinski definition) is 0.